The summed E-state index contributed by atoms with van der Waals surface area (Å²) in [6.07, 6.45) is 0. The van der Waals surface area contributed by atoms with Crippen molar-refractivity contribution >= 4 is 46.1 Å². The second-order valence-corrected chi connectivity index (χ2v) is 7.62. The van der Waals surface area contributed by atoms with Crippen molar-refractivity contribution in [2.75, 3.05) is 18.5 Å². The first-order chi connectivity index (χ1) is 12.4. The molecule has 0 bridgehead atoms. The molecule has 0 aliphatic carbocycles. The van der Waals surface area contributed by atoms with E-state index in [1.165, 1.54) is 11.5 Å². The molecule has 1 heterocycles. The lowest BCUT2D eigenvalue weighted by atomic mass is 10.3. The van der Waals surface area contributed by atoms with Crippen molar-refractivity contribution in [2.24, 2.45) is 4.99 Å². The maximum Gasteiger partial charge on any atom is 0.337 e. The Morgan fingerprint density at radius 3 is 2.65 bits per heavy atom. The van der Waals surface area contributed by atoms with Crippen LogP contribution < -0.4 is 15.4 Å². The second-order valence-electron chi connectivity index (χ2n) is 5.57. The number of benzene rings is 2. The van der Waals surface area contributed by atoms with Crippen LogP contribution in [0.5, 0.6) is 0 Å². The first-order valence-electron chi connectivity index (χ1n) is 7.70. The smallest absolute Gasteiger partial charge is 0.337 e. The minimum Gasteiger partial charge on any atom is -0.373 e. The highest BCUT2D eigenvalue weighted by Gasteiger charge is 2.08. The molecule has 0 radical (unpaired) electrons. The van der Waals surface area contributed by atoms with Crippen molar-refractivity contribution in [3.8, 4) is 0 Å². The number of anilines is 1. The summed E-state index contributed by atoms with van der Waals surface area (Å²) in [6, 6.07) is 12.8. The van der Waals surface area contributed by atoms with E-state index >= 15 is 0 Å². The van der Waals surface area contributed by atoms with Gasteiger partial charge in [0.05, 0.1) is 5.69 Å². The van der Waals surface area contributed by atoms with Crippen LogP contribution in [0.3, 0.4) is 0 Å². The van der Waals surface area contributed by atoms with Crippen molar-refractivity contribution < 1.29 is 11.6 Å². The number of nitrogens with zero attached hydrogens (tertiary/aromatic N) is 3. The van der Waals surface area contributed by atoms with Gasteiger partial charge in [-0.2, -0.15) is 0 Å². The number of hydrogen-bond acceptors (Lipinski definition) is 4. The quantitative estimate of drug-likeness (QED) is 0.672. The standard InChI is InChI=1S/C17H15Cl3N4OS/c1-23(13-5-2-11(18)3-6-13)8-9-24-16(25)22-26-17(24)21-12-4-7-14(19)15(20)10-12/h2-7,10,19H,8-9H2,1H3/p+1. The van der Waals surface area contributed by atoms with Crippen molar-refractivity contribution in [3.63, 3.8) is 0 Å². The number of H-pyrrole nitrogens is 1. The third-order valence-electron chi connectivity index (χ3n) is 3.77. The highest BCUT2D eigenvalue weighted by Crippen LogP contribution is 2.22. The normalized spacial score (nSPS) is 11.8. The maximum absolute atomic E-state index is 12.1. The Hall–Kier alpha value is -1.73. The fourth-order valence-electron chi connectivity index (χ4n) is 2.31. The van der Waals surface area contributed by atoms with E-state index in [4.69, 9.17) is 34.8 Å². The number of aromatic nitrogens is 2. The number of rotatable bonds is 5. The number of aromatic amines is 1. The lowest BCUT2D eigenvalue weighted by molar-refractivity contribution is -0.288. The Morgan fingerprint density at radius 2 is 1.96 bits per heavy atom. The molecule has 0 unspecified atom stereocenters. The van der Waals surface area contributed by atoms with Crippen LogP contribution in [-0.4, -0.2) is 22.5 Å². The monoisotopic (exact) mass is 429 g/mol. The van der Waals surface area contributed by atoms with Gasteiger partial charge < -0.3 is 4.90 Å². The van der Waals surface area contributed by atoms with Crippen molar-refractivity contribution in [2.45, 2.75) is 6.54 Å². The van der Waals surface area contributed by atoms with Gasteiger partial charge >= 0.3 is 5.69 Å². The minimum atomic E-state index is -0.191. The summed E-state index contributed by atoms with van der Waals surface area (Å²) < 4.78 is 4.32. The summed E-state index contributed by atoms with van der Waals surface area (Å²) in [5, 5.41) is 1.74. The first-order valence-corrected chi connectivity index (χ1v) is 9.68. The summed E-state index contributed by atoms with van der Waals surface area (Å²) in [5.41, 5.74) is 1.48. The van der Waals surface area contributed by atoms with Gasteiger partial charge in [0.15, 0.2) is 11.6 Å². The molecule has 26 heavy (non-hydrogen) atoms. The molecule has 1 N–H and O–H groups in total. The average molecular weight is 431 g/mol. The predicted molar refractivity (Wildman–Crippen MR) is 105 cm³/mol. The van der Waals surface area contributed by atoms with Gasteiger partial charge in [-0.25, -0.2) is 9.79 Å². The lowest BCUT2D eigenvalue weighted by Gasteiger charge is -2.19. The Balaban J connectivity index is 1.81. The topological polar surface area (TPSA) is 53.4 Å². The third-order valence-corrected chi connectivity index (χ3v) is 5.58. The molecule has 9 heteroatoms. The van der Waals surface area contributed by atoms with Crippen molar-refractivity contribution in [1.29, 1.82) is 0 Å². The molecule has 0 spiro atoms. The fourth-order valence-corrected chi connectivity index (χ4v) is 3.46. The van der Waals surface area contributed by atoms with E-state index in [9.17, 15) is 4.79 Å². The van der Waals surface area contributed by atoms with Gasteiger partial charge in [0.25, 0.3) is 0 Å². The molecule has 0 aliphatic heterocycles. The van der Waals surface area contributed by atoms with Crippen molar-refractivity contribution in [1.82, 2.24) is 8.94 Å². The number of hydrogen-bond donors (Lipinski definition) is 1. The second kappa shape index (κ2) is 8.31. The molecule has 1 aromatic heterocycles. The van der Waals surface area contributed by atoms with Gasteiger partial charge in [0.2, 0.25) is 9.82 Å². The van der Waals surface area contributed by atoms with Crippen LogP contribution in [0.15, 0.2) is 52.3 Å². The fraction of sp³-hybridized carbons (Fsp3) is 0.176. The number of halogens is 3. The van der Waals surface area contributed by atoms with Crippen LogP contribution in [0, 0.1) is 11.6 Å². The molecule has 0 saturated carbocycles. The summed E-state index contributed by atoms with van der Waals surface area (Å²) in [4.78, 5) is 19.3. The van der Waals surface area contributed by atoms with Crippen LogP contribution in [0.1, 0.15) is 0 Å². The SMILES string of the molecule is CN(CCn1c(=O)[nH]sc1=Nc1ccc([ClH+])c(Cl)c1)c1ccc(Cl)cc1. The van der Waals surface area contributed by atoms with Crippen molar-refractivity contribution in [3.05, 3.63) is 72.8 Å². The number of nitrogens with one attached hydrogen (secondary N) is 1. The highest BCUT2D eigenvalue weighted by atomic mass is 35.5. The van der Waals surface area contributed by atoms with Crippen LogP contribution in [0.2, 0.25) is 15.1 Å². The van der Waals surface area contributed by atoms with Gasteiger partial charge in [-0.15, -0.1) is 0 Å². The Labute approximate surface area is 169 Å². The van der Waals surface area contributed by atoms with Crippen LogP contribution in [-0.2, 0) is 6.54 Å². The van der Waals surface area contributed by atoms with E-state index in [-0.39, 0.29) is 5.69 Å². The van der Waals surface area contributed by atoms with Gasteiger partial charge in [0.1, 0.15) is 5.02 Å². The summed E-state index contributed by atoms with van der Waals surface area (Å²) in [5.74, 6) is 0. The molecular formula is C17H16Cl3N4OS+. The summed E-state index contributed by atoms with van der Waals surface area (Å²) in [7, 11) is 1.96. The van der Waals surface area contributed by atoms with E-state index in [1.54, 1.807) is 22.8 Å². The molecule has 0 saturated heterocycles. The predicted octanol–water partition coefficient (Wildman–Crippen LogP) is 3.61. The van der Waals surface area contributed by atoms with E-state index in [2.05, 4.69) is 9.37 Å². The van der Waals surface area contributed by atoms with Crippen LogP contribution in [0.4, 0.5) is 11.4 Å². The third kappa shape index (κ3) is 4.51. The Morgan fingerprint density at radius 1 is 1.23 bits per heavy atom. The Bertz CT molecular complexity index is 1020. The van der Waals surface area contributed by atoms with E-state index in [0.717, 1.165) is 5.69 Å². The lowest BCUT2D eigenvalue weighted by Crippen LogP contribution is -2.32. The minimum absolute atomic E-state index is 0.191. The maximum atomic E-state index is 12.1. The van der Waals surface area contributed by atoms with E-state index in [0.29, 0.717) is 38.6 Å². The molecular weight excluding hydrogens is 415 g/mol. The Kier molecular flexibility index (Phi) is 6.09. The molecule has 0 aliphatic rings. The van der Waals surface area contributed by atoms with Crippen LogP contribution in [0.25, 0.3) is 0 Å². The molecule has 5 nitrogen and oxygen atoms in total. The highest BCUT2D eigenvalue weighted by molar-refractivity contribution is 7.02. The zero-order valence-electron chi connectivity index (χ0n) is 13.8. The largest absolute Gasteiger partial charge is 0.373 e. The number of likely N-dealkylation sites (N-methyl/N-ethyl adjacent to an activating group) is 1. The molecule has 0 atom stereocenters. The molecule has 3 aromatic rings. The molecule has 2 aromatic carbocycles. The molecule has 3 rings (SSSR count). The zero-order chi connectivity index (χ0) is 18.7. The first kappa shape index (κ1) is 19.0. The van der Waals surface area contributed by atoms with Gasteiger partial charge in [-0.1, -0.05) is 23.2 Å². The summed E-state index contributed by atoms with van der Waals surface area (Å²) >= 11 is 18.2. The average Bonchev–Trinajstić information content (AvgIpc) is 2.96. The molecule has 0 fully saturated rings. The van der Waals surface area contributed by atoms with Crippen LogP contribution >= 0.6 is 34.7 Å². The molecule has 0 amide bonds. The van der Waals surface area contributed by atoms with E-state index < -0.39 is 0 Å². The zero-order valence-corrected chi connectivity index (χ0v) is 16.9. The molecule has 136 valence electrons. The van der Waals surface area contributed by atoms with Gasteiger partial charge in [0, 0.05) is 36.9 Å². The summed E-state index contributed by atoms with van der Waals surface area (Å²) in [6.45, 7) is 1.13. The van der Waals surface area contributed by atoms with Gasteiger partial charge in [-0.3, -0.25) is 8.94 Å². The van der Waals surface area contributed by atoms with Gasteiger partial charge in [-0.05, 0) is 47.9 Å². The van der Waals surface area contributed by atoms with E-state index in [1.807, 2.05) is 36.2 Å².